The first-order valence-corrected chi connectivity index (χ1v) is 8.10. The summed E-state index contributed by atoms with van der Waals surface area (Å²) in [6.45, 7) is 1.88. The smallest absolute Gasteiger partial charge is 0.244 e. The van der Waals surface area contributed by atoms with Gasteiger partial charge in [0.05, 0.1) is 5.69 Å². The molecule has 2 rings (SSSR count). The van der Waals surface area contributed by atoms with Crippen molar-refractivity contribution >= 4 is 23.6 Å². The fraction of sp³-hybridized carbons (Fsp3) is 0.625. The van der Waals surface area contributed by atoms with Crippen LogP contribution in [0.1, 0.15) is 36.9 Å². The third-order valence-electron chi connectivity index (χ3n) is 4.32. The lowest BCUT2D eigenvalue weighted by molar-refractivity contribution is -0.117. The summed E-state index contributed by atoms with van der Waals surface area (Å²) < 4.78 is 1.61. The maximum atomic E-state index is 12.1. The zero-order chi connectivity index (χ0) is 16.3. The quantitative estimate of drug-likeness (QED) is 0.865. The summed E-state index contributed by atoms with van der Waals surface area (Å²) in [5.74, 6) is -0.0660. The average Bonchev–Trinajstić information content (AvgIpc) is 2.70. The van der Waals surface area contributed by atoms with Crippen LogP contribution in [0, 0.1) is 6.92 Å². The lowest BCUT2D eigenvalue weighted by Crippen LogP contribution is -2.43. The van der Waals surface area contributed by atoms with Gasteiger partial charge in [-0.3, -0.25) is 9.48 Å². The standard InChI is InChI=1S/C16H25ClN4O/c1-11-14(16(17)21(4)19-11)8-9-15(22)18-12-6-5-7-13(10-12)20(2)3/h8-9,12-13H,5-7,10H2,1-4H3,(H,18,22). The second-order valence-corrected chi connectivity index (χ2v) is 6.59. The van der Waals surface area contributed by atoms with Gasteiger partial charge < -0.3 is 10.2 Å². The first-order valence-electron chi connectivity index (χ1n) is 7.72. The molecule has 1 saturated carbocycles. The van der Waals surface area contributed by atoms with Crippen molar-refractivity contribution in [1.82, 2.24) is 20.0 Å². The third-order valence-corrected chi connectivity index (χ3v) is 4.77. The predicted octanol–water partition coefficient (Wildman–Crippen LogP) is 2.38. The number of nitrogens with one attached hydrogen (secondary N) is 1. The maximum Gasteiger partial charge on any atom is 0.244 e. The Labute approximate surface area is 137 Å². The zero-order valence-electron chi connectivity index (χ0n) is 13.8. The van der Waals surface area contributed by atoms with E-state index in [1.807, 2.05) is 6.92 Å². The van der Waals surface area contributed by atoms with Crippen LogP contribution in [-0.4, -0.2) is 46.8 Å². The Bertz CT molecular complexity index is 565. The molecular formula is C16H25ClN4O. The van der Waals surface area contributed by atoms with Crippen LogP contribution >= 0.6 is 11.6 Å². The second-order valence-electron chi connectivity index (χ2n) is 6.24. The van der Waals surface area contributed by atoms with Gasteiger partial charge in [-0.15, -0.1) is 0 Å². The summed E-state index contributed by atoms with van der Waals surface area (Å²) in [7, 11) is 5.99. The van der Waals surface area contributed by atoms with E-state index in [4.69, 9.17) is 11.6 Å². The van der Waals surface area contributed by atoms with Gasteiger partial charge in [0, 0.05) is 30.8 Å². The number of rotatable bonds is 4. The minimum absolute atomic E-state index is 0.0660. The molecule has 0 spiro atoms. The highest BCUT2D eigenvalue weighted by Crippen LogP contribution is 2.22. The number of nitrogens with zero attached hydrogens (tertiary/aromatic N) is 3. The van der Waals surface area contributed by atoms with E-state index in [2.05, 4.69) is 29.4 Å². The van der Waals surface area contributed by atoms with Gasteiger partial charge in [-0.05, 0) is 52.8 Å². The largest absolute Gasteiger partial charge is 0.350 e. The predicted molar refractivity (Wildman–Crippen MR) is 89.9 cm³/mol. The van der Waals surface area contributed by atoms with Crippen molar-refractivity contribution in [2.75, 3.05) is 14.1 Å². The molecule has 1 N–H and O–H groups in total. The summed E-state index contributed by atoms with van der Waals surface area (Å²) in [5.41, 5.74) is 1.62. The van der Waals surface area contributed by atoms with Gasteiger partial charge in [0.1, 0.15) is 5.15 Å². The molecule has 0 saturated heterocycles. The summed E-state index contributed by atoms with van der Waals surface area (Å²) >= 11 is 6.16. The molecule has 6 heteroatoms. The molecule has 1 aliphatic carbocycles. The molecule has 1 aromatic heterocycles. The van der Waals surface area contributed by atoms with Crippen molar-refractivity contribution < 1.29 is 4.79 Å². The molecule has 0 aliphatic heterocycles. The number of hydrogen-bond donors (Lipinski definition) is 1. The first-order chi connectivity index (χ1) is 10.4. The summed E-state index contributed by atoms with van der Waals surface area (Å²) in [5, 5.41) is 7.87. The van der Waals surface area contributed by atoms with Crippen LogP contribution in [0.2, 0.25) is 5.15 Å². The molecule has 2 atom stereocenters. The highest BCUT2D eigenvalue weighted by Gasteiger charge is 2.23. The van der Waals surface area contributed by atoms with Crippen LogP contribution in [0.4, 0.5) is 0 Å². The van der Waals surface area contributed by atoms with Gasteiger partial charge >= 0.3 is 0 Å². The zero-order valence-corrected chi connectivity index (χ0v) is 14.5. The van der Waals surface area contributed by atoms with E-state index < -0.39 is 0 Å². The molecule has 5 nitrogen and oxygen atoms in total. The first kappa shape index (κ1) is 17.0. The van der Waals surface area contributed by atoms with E-state index in [9.17, 15) is 4.79 Å². The fourth-order valence-corrected chi connectivity index (χ4v) is 3.25. The second kappa shape index (κ2) is 7.29. The minimum atomic E-state index is -0.0660. The van der Waals surface area contributed by atoms with Crippen LogP contribution in [0.25, 0.3) is 6.08 Å². The molecule has 22 heavy (non-hydrogen) atoms. The molecule has 1 amide bonds. The highest BCUT2D eigenvalue weighted by atomic mass is 35.5. The van der Waals surface area contributed by atoms with Gasteiger partial charge in [0.15, 0.2) is 0 Å². The monoisotopic (exact) mass is 324 g/mol. The number of amides is 1. The van der Waals surface area contributed by atoms with Gasteiger partial charge in [0.25, 0.3) is 0 Å². The average molecular weight is 325 g/mol. The third kappa shape index (κ3) is 4.11. The van der Waals surface area contributed by atoms with E-state index in [1.54, 1.807) is 23.9 Å². The number of halogens is 1. The number of carbonyl (C=O) groups is 1. The number of aryl methyl sites for hydroxylation is 2. The summed E-state index contributed by atoms with van der Waals surface area (Å²) in [6.07, 6.45) is 7.72. The molecule has 1 heterocycles. The summed E-state index contributed by atoms with van der Waals surface area (Å²) in [6, 6.07) is 0.807. The molecule has 2 unspecified atom stereocenters. The van der Waals surface area contributed by atoms with Gasteiger partial charge in [-0.2, -0.15) is 5.10 Å². The van der Waals surface area contributed by atoms with E-state index in [0.717, 1.165) is 30.5 Å². The van der Waals surface area contributed by atoms with Crippen molar-refractivity contribution in [3.8, 4) is 0 Å². The fourth-order valence-electron chi connectivity index (χ4n) is 3.01. The molecule has 1 aliphatic rings. The van der Waals surface area contributed by atoms with Crippen LogP contribution in [-0.2, 0) is 11.8 Å². The molecule has 0 bridgehead atoms. The normalized spacial score (nSPS) is 22.5. The number of hydrogen-bond acceptors (Lipinski definition) is 3. The van der Waals surface area contributed by atoms with Crippen molar-refractivity contribution in [2.24, 2.45) is 7.05 Å². The number of carbonyl (C=O) groups excluding carboxylic acids is 1. The van der Waals surface area contributed by atoms with Crippen molar-refractivity contribution in [1.29, 1.82) is 0 Å². The Morgan fingerprint density at radius 3 is 2.77 bits per heavy atom. The van der Waals surface area contributed by atoms with E-state index in [-0.39, 0.29) is 11.9 Å². The molecular weight excluding hydrogens is 300 g/mol. The maximum absolute atomic E-state index is 12.1. The Morgan fingerprint density at radius 1 is 1.45 bits per heavy atom. The molecule has 0 aromatic carbocycles. The number of aromatic nitrogens is 2. The van der Waals surface area contributed by atoms with Crippen molar-refractivity contribution in [3.63, 3.8) is 0 Å². The van der Waals surface area contributed by atoms with E-state index in [0.29, 0.717) is 11.2 Å². The van der Waals surface area contributed by atoms with Gasteiger partial charge in [-0.1, -0.05) is 11.6 Å². The molecule has 1 fully saturated rings. The van der Waals surface area contributed by atoms with E-state index in [1.165, 1.54) is 6.42 Å². The van der Waals surface area contributed by atoms with Crippen LogP contribution in [0.15, 0.2) is 6.08 Å². The molecule has 1 aromatic rings. The Kier molecular flexibility index (Phi) is 5.64. The van der Waals surface area contributed by atoms with Crippen molar-refractivity contribution in [2.45, 2.75) is 44.7 Å². The summed E-state index contributed by atoms with van der Waals surface area (Å²) in [4.78, 5) is 14.4. The Balaban J connectivity index is 1.94. The lowest BCUT2D eigenvalue weighted by atomic mass is 9.90. The Morgan fingerprint density at radius 2 is 2.18 bits per heavy atom. The minimum Gasteiger partial charge on any atom is -0.350 e. The molecule has 122 valence electrons. The lowest BCUT2D eigenvalue weighted by Gasteiger charge is -2.33. The topological polar surface area (TPSA) is 50.2 Å². The van der Waals surface area contributed by atoms with Gasteiger partial charge in [-0.25, -0.2) is 0 Å². The SMILES string of the molecule is Cc1nn(C)c(Cl)c1C=CC(=O)NC1CCCC(N(C)C)C1. The van der Waals surface area contributed by atoms with Crippen LogP contribution in [0.5, 0.6) is 0 Å². The van der Waals surface area contributed by atoms with Crippen LogP contribution in [0.3, 0.4) is 0 Å². The van der Waals surface area contributed by atoms with Gasteiger partial charge in [0.2, 0.25) is 5.91 Å². The van der Waals surface area contributed by atoms with Crippen molar-refractivity contribution in [3.05, 3.63) is 22.5 Å². The molecule has 0 radical (unpaired) electrons. The highest BCUT2D eigenvalue weighted by molar-refractivity contribution is 6.31. The Hall–Kier alpha value is -1.33. The van der Waals surface area contributed by atoms with Crippen LogP contribution < -0.4 is 5.32 Å². The van der Waals surface area contributed by atoms with E-state index >= 15 is 0 Å².